The highest BCUT2D eigenvalue weighted by Gasteiger charge is 2.36. The van der Waals surface area contributed by atoms with Crippen LogP contribution >= 0.6 is 0 Å². The molecule has 1 aromatic carbocycles. The molecule has 0 spiro atoms. The molecule has 0 aromatic heterocycles. The van der Waals surface area contributed by atoms with Crippen molar-refractivity contribution in [2.24, 2.45) is 5.92 Å². The summed E-state index contributed by atoms with van der Waals surface area (Å²) in [6.07, 6.45) is 0.709. The van der Waals surface area contributed by atoms with E-state index in [1.807, 2.05) is 0 Å². The summed E-state index contributed by atoms with van der Waals surface area (Å²) < 4.78 is 38.6. The predicted octanol–water partition coefficient (Wildman–Crippen LogP) is 2.56. The highest BCUT2D eigenvalue weighted by atomic mass is 19.4. The molecule has 0 radical (unpaired) electrons. The Morgan fingerprint density at radius 3 is 2.60 bits per heavy atom. The fourth-order valence-corrected chi connectivity index (χ4v) is 2.10. The number of halogens is 3. The zero-order chi connectivity index (χ0) is 14.9. The lowest BCUT2D eigenvalue weighted by Gasteiger charge is -2.18. The minimum atomic E-state index is -4.64. The molecule has 1 unspecified atom stereocenters. The van der Waals surface area contributed by atoms with Gasteiger partial charge in [0.2, 0.25) is 5.91 Å². The monoisotopic (exact) mass is 278 g/mol. The Hall–Kier alpha value is -2.47. The fourth-order valence-electron chi connectivity index (χ4n) is 2.10. The van der Waals surface area contributed by atoms with E-state index in [-0.39, 0.29) is 30.5 Å². The van der Waals surface area contributed by atoms with E-state index in [2.05, 4.69) is 5.92 Å². The van der Waals surface area contributed by atoms with Gasteiger partial charge in [-0.25, -0.2) is 0 Å². The third-order valence-corrected chi connectivity index (χ3v) is 3.10. The molecule has 1 aliphatic heterocycles. The van der Waals surface area contributed by atoms with Crippen LogP contribution in [-0.4, -0.2) is 12.5 Å². The maximum atomic E-state index is 12.9. The highest BCUT2D eigenvalue weighted by Crippen LogP contribution is 2.35. The van der Waals surface area contributed by atoms with Gasteiger partial charge < -0.3 is 4.90 Å². The maximum absolute atomic E-state index is 12.9. The van der Waals surface area contributed by atoms with Crippen molar-refractivity contribution in [1.82, 2.24) is 0 Å². The van der Waals surface area contributed by atoms with E-state index in [4.69, 9.17) is 11.7 Å². The lowest BCUT2D eigenvalue weighted by molar-refractivity contribution is -0.137. The zero-order valence-electron chi connectivity index (χ0n) is 10.2. The average Bonchev–Trinajstić information content (AvgIpc) is 2.78. The molecule has 1 fully saturated rings. The molecular formula is C14H9F3N2O. The number of rotatable bonds is 1. The summed E-state index contributed by atoms with van der Waals surface area (Å²) in [7, 11) is 0. The number of carbonyl (C=O) groups excluding carboxylic acids is 1. The molecule has 1 atom stereocenters. The van der Waals surface area contributed by atoms with Gasteiger partial charge in [-0.2, -0.15) is 18.4 Å². The Morgan fingerprint density at radius 1 is 1.40 bits per heavy atom. The van der Waals surface area contributed by atoms with E-state index in [1.165, 1.54) is 17.0 Å². The Labute approximate surface area is 113 Å². The second-order valence-electron chi connectivity index (χ2n) is 4.41. The van der Waals surface area contributed by atoms with Crippen molar-refractivity contribution < 1.29 is 18.0 Å². The normalized spacial score (nSPS) is 18.8. The third kappa shape index (κ3) is 2.46. The summed E-state index contributed by atoms with van der Waals surface area (Å²) in [5.41, 5.74) is -1.41. The number of carbonyl (C=O) groups is 1. The summed E-state index contributed by atoms with van der Waals surface area (Å²) in [6, 6.07) is 4.70. The summed E-state index contributed by atoms with van der Waals surface area (Å²) in [5, 5.41) is 8.71. The number of alkyl halides is 3. The van der Waals surface area contributed by atoms with Crippen LogP contribution in [0.15, 0.2) is 18.2 Å². The van der Waals surface area contributed by atoms with Crippen LogP contribution in [0.2, 0.25) is 0 Å². The average molecular weight is 278 g/mol. The fraction of sp³-hybridized carbons (Fsp3) is 0.286. The third-order valence-electron chi connectivity index (χ3n) is 3.10. The first-order valence-corrected chi connectivity index (χ1v) is 5.74. The molecule has 102 valence electrons. The van der Waals surface area contributed by atoms with Crippen molar-refractivity contribution in [2.75, 3.05) is 11.4 Å². The molecular weight excluding hydrogens is 269 g/mol. The molecule has 2 rings (SSSR count). The molecule has 3 nitrogen and oxygen atoms in total. The van der Waals surface area contributed by atoms with E-state index in [0.29, 0.717) is 0 Å². The Kier molecular flexibility index (Phi) is 3.42. The van der Waals surface area contributed by atoms with Crippen LogP contribution in [0.25, 0.3) is 0 Å². The molecule has 1 saturated heterocycles. The number of hydrogen-bond donors (Lipinski definition) is 0. The predicted molar refractivity (Wildman–Crippen MR) is 65.5 cm³/mol. The molecule has 0 saturated carbocycles. The Balaban J connectivity index is 2.43. The van der Waals surface area contributed by atoms with Gasteiger partial charge in [-0.15, -0.1) is 12.3 Å². The van der Waals surface area contributed by atoms with Gasteiger partial charge >= 0.3 is 6.18 Å². The van der Waals surface area contributed by atoms with Crippen LogP contribution in [-0.2, 0) is 11.0 Å². The van der Waals surface area contributed by atoms with Crippen LogP contribution in [0, 0.1) is 29.6 Å². The van der Waals surface area contributed by atoms with Crippen LogP contribution in [0.4, 0.5) is 18.9 Å². The van der Waals surface area contributed by atoms with E-state index in [1.54, 1.807) is 0 Å². The van der Waals surface area contributed by atoms with Crippen molar-refractivity contribution >= 4 is 11.6 Å². The first-order chi connectivity index (χ1) is 9.36. The Bertz CT molecular complexity index is 637. The smallest absolute Gasteiger partial charge is 0.311 e. The molecule has 1 aliphatic rings. The van der Waals surface area contributed by atoms with Gasteiger partial charge in [0.15, 0.2) is 0 Å². The van der Waals surface area contributed by atoms with Gasteiger partial charge in [-0.3, -0.25) is 4.79 Å². The summed E-state index contributed by atoms with van der Waals surface area (Å²) >= 11 is 0. The number of nitriles is 1. The van der Waals surface area contributed by atoms with Crippen molar-refractivity contribution in [2.45, 2.75) is 12.6 Å². The Morgan fingerprint density at radius 2 is 2.10 bits per heavy atom. The largest absolute Gasteiger partial charge is 0.417 e. The van der Waals surface area contributed by atoms with Gasteiger partial charge in [-0.1, -0.05) is 0 Å². The van der Waals surface area contributed by atoms with Crippen LogP contribution in [0.1, 0.15) is 17.5 Å². The lowest BCUT2D eigenvalue weighted by atomic mass is 10.1. The first kappa shape index (κ1) is 14.0. The quantitative estimate of drug-likeness (QED) is 0.741. The van der Waals surface area contributed by atoms with Gasteiger partial charge in [0.05, 0.1) is 17.2 Å². The van der Waals surface area contributed by atoms with Crippen LogP contribution in [0.3, 0.4) is 0 Å². The number of nitrogens with zero attached hydrogens (tertiary/aromatic N) is 2. The number of terminal acetylenes is 1. The van der Waals surface area contributed by atoms with Gasteiger partial charge in [0, 0.05) is 24.6 Å². The first-order valence-electron chi connectivity index (χ1n) is 5.74. The van der Waals surface area contributed by atoms with Crippen LogP contribution < -0.4 is 4.90 Å². The zero-order valence-corrected chi connectivity index (χ0v) is 10.2. The minimum Gasteiger partial charge on any atom is -0.311 e. The second-order valence-corrected chi connectivity index (χ2v) is 4.41. The van der Waals surface area contributed by atoms with E-state index < -0.39 is 17.3 Å². The van der Waals surface area contributed by atoms with Gasteiger partial charge in [0.1, 0.15) is 0 Å². The van der Waals surface area contributed by atoms with Gasteiger partial charge in [0.25, 0.3) is 0 Å². The molecule has 0 bridgehead atoms. The number of hydrogen-bond acceptors (Lipinski definition) is 2. The molecule has 6 heteroatoms. The summed E-state index contributed by atoms with van der Waals surface area (Å²) in [5.74, 6) is 1.81. The highest BCUT2D eigenvalue weighted by molar-refractivity contribution is 5.96. The molecule has 1 heterocycles. The summed E-state index contributed by atoms with van der Waals surface area (Å²) in [4.78, 5) is 13.0. The minimum absolute atomic E-state index is 0.110. The van der Waals surface area contributed by atoms with Crippen LogP contribution in [0.5, 0.6) is 0 Å². The number of anilines is 1. The standard InChI is InChI=1S/C14H9F3N2O/c1-2-9-5-13(20)19(8-9)11-4-3-10(7-18)12(6-11)14(15,16)17/h1,3-4,6,9H,5,8H2. The molecule has 1 amide bonds. The number of amides is 1. The van der Waals surface area contributed by atoms with Crippen molar-refractivity contribution in [1.29, 1.82) is 5.26 Å². The van der Waals surface area contributed by atoms with E-state index in [0.717, 1.165) is 12.1 Å². The van der Waals surface area contributed by atoms with Crippen molar-refractivity contribution in [3.63, 3.8) is 0 Å². The summed E-state index contributed by atoms with van der Waals surface area (Å²) in [6.45, 7) is 0.193. The maximum Gasteiger partial charge on any atom is 0.417 e. The van der Waals surface area contributed by atoms with Gasteiger partial charge in [-0.05, 0) is 18.2 Å². The van der Waals surface area contributed by atoms with E-state index >= 15 is 0 Å². The molecule has 20 heavy (non-hydrogen) atoms. The van der Waals surface area contributed by atoms with Crippen molar-refractivity contribution in [3.8, 4) is 18.4 Å². The molecule has 1 aromatic rings. The molecule has 0 N–H and O–H groups in total. The van der Waals surface area contributed by atoms with E-state index in [9.17, 15) is 18.0 Å². The lowest BCUT2D eigenvalue weighted by Crippen LogP contribution is -2.25. The van der Waals surface area contributed by atoms with Crippen molar-refractivity contribution in [3.05, 3.63) is 29.3 Å². The number of benzene rings is 1. The topological polar surface area (TPSA) is 44.1 Å². The molecule has 0 aliphatic carbocycles. The SMILES string of the molecule is C#CC1CC(=O)N(c2ccc(C#N)c(C(F)(F)F)c2)C1. The second kappa shape index (κ2) is 4.90.